The second kappa shape index (κ2) is 10.4. The molecule has 0 aromatic heterocycles. The second-order valence-corrected chi connectivity index (χ2v) is 8.27. The molecule has 3 aromatic carbocycles. The van der Waals surface area contributed by atoms with Crippen LogP contribution in [0.15, 0.2) is 66.7 Å². The maximum atomic E-state index is 15.0. The number of nitrogens with one attached hydrogen (secondary N) is 2. The van der Waals surface area contributed by atoms with Gasteiger partial charge in [0.05, 0.1) is 11.3 Å². The molecule has 0 aliphatic heterocycles. The van der Waals surface area contributed by atoms with E-state index in [1.54, 1.807) is 6.92 Å². The molecule has 180 valence electrons. The number of benzene rings is 3. The van der Waals surface area contributed by atoms with Gasteiger partial charge >= 0.3 is 12.1 Å². The highest BCUT2D eigenvalue weighted by molar-refractivity contribution is 5.98. The van der Waals surface area contributed by atoms with Gasteiger partial charge < -0.3 is 15.2 Å². The molecule has 1 atom stereocenters. The van der Waals surface area contributed by atoms with Crippen LogP contribution in [0.5, 0.6) is 0 Å². The first kappa shape index (κ1) is 23.9. The molecule has 35 heavy (non-hydrogen) atoms. The molecule has 4 rings (SSSR count). The lowest BCUT2D eigenvalue weighted by molar-refractivity contribution is -0.139. The van der Waals surface area contributed by atoms with E-state index < -0.39 is 29.8 Å². The summed E-state index contributed by atoms with van der Waals surface area (Å²) >= 11 is 0. The van der Waals surface area contributed by atoms with E-state index in [0.29, 0.717) is 6.42 Å². The van der Waals surface area contributed by atoms with E-state index in [1.165, 1.54) is 18.2 Å². The third kappa shape index (κ3) is 5.01. The van der Waals surface area contributed by atoms with Crippen LogP contribution in [-0.4, -0.2) is 35.7 Å². The fraction of sp³-hybridized carbons (Fsp3) is 0.222. The Bertz CT molecular complexity index is 1230. The van der Waals surface area contributed by atoms with E-state index in [2.05, 4.69) is 10.6 Å². The smallest absolute Gasteiger partial charge is 0.411 e. The Morgan fingerprint density at radius 2 is 1.60 bits per heavy atom. The minimum absolute atomic E-state index is 0.0545. The van der Waals surface area contributed by atoms with Crippen molar-refractivity contribution in [1.82, 2.24) is 5.32 Å². The number of carboxylic acid groups (broad SMARTS) is 1. The van der Waals surface area contributed by atoms with Gasteiger partial charge in [-0.15, -0.1) is 0 Å². The predicted molar refractivity (Wildman–Crippen MR) is 129 cm³/mol. The van der Waals surface area contributed by atoms with Gasteiger partial charge in [0.25, 0.3) is 5.91 Å². The van der Waals surface area contributed by atoms with Gasteiger partial charge in [0.1, 0.15) is 12.6 Å². The highest BCUT2D eigenvalue weighted by Gasteiger charge is 2.29. The molecule has 3 aromatic rings. The summed E-state index contributed by atoms with van der Waals surface area (Å²) in [6.45, 7) is 1.83. The molecule has 0 saturated heterocycles. The molecule has 0 radical (unpaired) electrons. The molecular formula is C27H25FN2O5. The van der Waals surface area contributed by atoms with Crippen molar-refractivity contribution in [2.45, 2.75) is 31.7 Å². The number of hydrogen-bond acceptors (Lipinski definition) is 4. The molecule has 0 bridgehead atoms. The number of amides is 2. The molecule has 0 unspecified atom stereocenters. The first-order valence-corrected chi connectivity index (χ1v) is 11.3. The summed E-state index contributed by atoms with van der Waals surface area (Å²) < 4.78 is 20.4. The van der Waals surface area contributed by atoms with Crippen LogP contribution in [0.2, 0.25) is 0 Å². The van der Waals surface area contributed by atoms with Crippen LogP contribution in [0.25, 0.3) is 11.1 Å². The Morgan fingerprint density at radius 3 is 2.20 bits per heavy atom. The number of carbonyl (C=O) groups is 3. The number of ether oxygens (including phenoxy) is 1. The van der Waals surface area contributed by atoms with Gasteiger partial charge in [-0.25, -0.2) is 14.0 Å². The van der Waals surface area contributed by atoms with Gasteiger partial charge in [-0.3, -0.25) is 10.1 Å². The Labute approximate surface area is 201 Å². The number of carbonyl (C=O) groups excluding carboxylic acids is 2. The maximum Gasteiger partial charge on any atom is 0.411 e. The van der Waals surface area contributed by atoms with Crippen LogP contribution in [-0.2, 0) is 9.53 Å². The Balaban J connectivity index is 1.44. The van der Waals surface area contributed by atoms with Gasteiger partial charge in [-0.05, 0) is 40.8 Å². The molecule has 0 saturated carbocycles. The lowest BCUT2D eigenvalue weighted by atomic mass is 9.98. The standard InChI is InChI=1S/C27H25FN2O5/c1-2-8-23(26(32)33)29-25(31)20-13-7-14-22(24(20)28)30-27(34)35-15-21-18-11-5-3-9-16(18)17-10-4-6-12-19(17)21/h3-7,9-14,21,23H,2,8,15H2,1H3,(H,29,31)(H,30,34)(H,32,33)/t23-/m0/s1. The van der Waals surface area contributed by atoms with Crippen molar-refractivity contribution in [1.29, 1.82) is 0 Å². The number of halogens is 1. The van der Waals surface area contributed by atoms with Crippen LogP contribution in [0.3, 0.4) is 0 Å². The summed E-state index contributed by atoms with van der Waals surface area (Å²) in [6.07, 6.45) is -0.124. The lowest BCUT2D eigenvalue weighted by Gasteiger charge is -2.16. The third-order valence-corrected chi connectivity index (χ3v) is 6.00. The molecular weight excluding hydrogens is 451 g/mol. The maximum absolute atomic E-state index is 15.0. The zero-order valence-electron chi connectivity index (χ0n) is 19.1. The molecule has 1 aliphatic rings. The second-order valence-electron chi connectivity index (χ2n) is 8.27. The predicted octanol–water partition coefficient (Wildman–Crippen LogP) is 5.17. The highest BCUT2D eigenvalue weighted by Crippen LogP contribution is 2.44. The van der Waals surface area contributed by atoms with Crippen molar-refractivity contribution in [3.8, 4) is 11.1 Å². The Kier molecular flexibility index (Phi) is 7.10. The van der Waals surface area contributed by atoms with Crippen LogP contribution >= 0.6 is 0 Å². The topological polar surface area (TPSA) is 105 Å². The third-order valence-electron chi connectivity index (χ3n) is 6.00. The minimum Gasteiger partial charge on any atom is -0.480 e. The van der Waals surface area contributed by atoms with E-state index in [1.807, 2.05) is 48.5 Å². The van der Waals surface area contributed by atoms with Crippen molar-refractivity contribution < 1.29 is 28.6 Å². The summed E-state index contributed by atoms with van der Waals surface area (Å²) in [4.78, 5) is 36.3. The van der Waals surface area contributed by atoms with Crippen LogP contribution < -0.4 is 10.6 Å². The van der Waals surface area contributed by atoms with Gasteiger partial charge in [-0.2, -0.15) is 0 Å². The Hall–Kier alpha value is -4.20. The first-order chi connectivity index (χ1) is 16.9. The molecule has 0 spiro atoms. The van der Waals surface area contributed by atoms with E-state index in [-0.39, 0.29) is 30.2 Å². The molecule has 0 heterocycles. The first-order valence-electron chi connectivity index (χ1n) is 11.3. The number of anilines is 1. The average molecular weight is 477 g/mol. The van der Waals surface area contributed by atoms with E-state index in [9.17, 15) is 23.9 Å². The minimum atomic E-state index is -1.20. The van der Waals surface area contributed by atoms with Crippen LogP contribution in [0.1, 0.15) is 47.2 Å². The molecule has 1 aliphatic carbocycles. The number of fused-ring (bicyclic) bond motifs is 3. The molecule has 2 amide bonds. The molecule has 0 fully saturated rings. The number of aliphatic carboxylic acids is 1. The monoisotopic (exact) mass is 476 g/mol. The van der Waals surface area contributed by atoms with Gasteiger partial charge in [-0.1, -0.05) is 67.9 Å². The molecule has 7 nitrogen and oxygen atoms in total. The fourth-order valence-electron chi connectivity index (χ4n) is 4.33. The lowest BCUT2D eigenvalue weighted by Crippen LogP contribution is -2.41. The summed E-state index contributed by atoms with van der Waals surface area (Å²) in [5.41, 5.74) is 3.66. The zero-order chi connectivity index (χ0) is 24.9. The SMILES string of the molecule is CCC[C@H](NC(=O)c1cccc(NC(=O)OCC2c3ccccc3-c3ccccc32)c1F)C(=O)O. The summed E-state index contributed by atoms with van der Waals surface area (Å²) in [5, 5.41) is 13.9. The number of carboxylic acids is 1. The van der Waals surface area contributed by atoms with Crippen molar-refractivity contribution in [2.24, 2.45) is 0 Å². The van der Waals surface area contributed by atoms with Crippen molar-refractivity contribution in [2.75, 3.05) is 11.9 Å². The fourth-order valence-corrected chi connectivity index (χ4v) is 4.33. The van der Waals surface area contributed by atoms with Crippen molar-refractivity contribution >= 4 is 23.7 Å². The van der Waals surface area contributed by atoms with Gasteiger partial charge in [0.2, 0.25) is 0 Å². The normalized spacial score (nSPS) is 12.9. The van der Waals surface area contributed by atoms with E-state index in [0.717, 1.165) is 22.3 Å². The van der Waals surface area contributed by atoms with Gasteiger partial charge in [0.15, 0.2) is 5.82 Å². The number of rotatable bonds is 8. The van der Waals surface area contributed by atoms with Gasteiger partial charge in [0, 0.05) is 5.92 Å². The highest BCUT2D eigenvalue weighted by atomic mass is 19.1. The van der Waals surface area contributed by atoms with E-state index >= 15 is 0 Å². The quantitative estimate of drug-likeness (QED) is 0.416. The largest absolute Gasteiger partial charge is 0.480 e. The molecule has 3 N–H and O–H groups in total. The molecule has 8 heteroatoms. The van der Waals surface area contributed by atoms with E-state index in [4.69, 9.17) is 4.74 Å². The number of hydrogen-bond donors (Lipinski definition) is 3. The zero-order valence-corrected chi connectivity index (χ0v) is 19.1. The van der Waals surface area contributed by atoms with Crippen LogP contribution in [0, 0.1) is 5.82 Å². The average Bonchev–Trinajstić information content (AvgIpc) is 3.17. The van der Waals surface area contributed by atoms with Crippen LogP contribution in [0.4, 0.5) is 14.9 Å². The summed E-state index contributed by atoms with van der Waals surface area (Å²) in [7, 11) is 0. The summed E-state index contributed by atoms with van der Waals surface area (Å²) in [6, 6.07) is 18.6. The summed E-state index contributed by atoms with van der Waals surface area (Å²) in [5.74, 6) is -3.20. The Morgan fingerprint density at radius 1 is 0.971 bits per heavy atom. The van der Waals surface area contributed by atoms with Crippen molar-refractivity contribution in [3.05, 3.63) is 89.2 Å². The van der Waals surface area contributed by atoms with Crippen molar-refractivity contribution in [3.63, 3.8) is 0 Å².